The second-order valence-corrected chi connectivity index (χ2v) is 4.59. The molecule has 18 heavy (non-hydrogen) atoms. The van der Waals surface area contributed by atoms with Crippen molar-refractivity contribution >= 4 is 0 Å². The summed E-state index contributed by atoms with van der Waals surface area (Å²) in [6.07, 6.45) is 6.01. The molecule has 0 aromatic carbocycles. The largest absolute Gasteiger partial charge is 0.322 e. The van der Waals surface area contributed by atoms with Gasteiger partial charge in [-0.15, -0.1) is 0 Å². The normalized spacial score (nSPS) is 16.9. The molecule has 2 aromatic rings. The van der Waals surface area contributed by atoms with E-state index in [1.165, 1.54) is 5.69 Å². The summed E-state index contributed by atoms with van der Waals surface area (Å²) in [5.74, 6) is 0. The maximum Gasteiger partial charge on any atom is 0.0783 e. The highest BCUT2D eigenvalue weighted by Crippen LogP contribution is 2.14. The summed E-state index contributed by atoms with van der Waals surface area (Å²) >= 11 is 0. The highest BCUT2D eigenvalue weighted by atomic mass is 15.2. The SMILES string of the molecule is c1cnc(CN2CCNCC2)c(-n2cccc2)c1. The Labute approximate surface area is 107 Å². The zero-order chi connectivity index (χ0) is 12.2. The minimum absolute atomic E-state index is 0.927. The third-order valence-corrected chi connectivity index (χ3v) is 3.33. The van der Waals surface area contributed by atoms with Crippen LogP contribution in [0.5, 0.6) is 0 Å². The molecular weight excluding hydrogens is 224 g/mol. The fourth-order valence-corrected chi connectivity index (χ4v) is 2.36. The first-order chi connectivity index (χ1) is 8.93. The van der Waals surface area contributed by atoms with E-state index in [1.807, 2.05) is 24.4 Å². The van der Waals surface area contributed by atoms with Gasteiger partial charge in [0, 0.05) is 51.3 Å². The van der Waals surface area contributed by atoms with Gasteiger partial charge in [-0.3, -0.25) is 9.88 Å². The van der Waals surface area contributed by atoms with Crippen LogP contribution in [0.4, 0.5) is 0 Å². The Hall–Kier alpha value is -1.65. The average Bonchev–Trinajstić information content (AvgIpc) is 2.94. The number of aromatic nitrogens is 2. The number of piperazine rings is 1. The van der Waals surface area contributed by atoms with E-state index in [4.69, 9.17) is 0 Å². The summed E-state index contributed by atoms with van der Waals surface area (Å²) < 4.78 is 2.13. The van der Waals surface area contributed by atoms with Crippen LogP contribution in [0, 0.1) is 0 Å². The fourth-order valence-electron chi connectivity index (χ4n) is 2.36. The highest BCUT2D eigenvalue weighted by molar-refractivity contribution is 5.36. The van der Waals surface area contributed by atoms with E-state index in [2.05, 4.69) is 38.2 Å². The maximum atomic E-state index is 4.55. The van der Waals surface area contributed by atoms with Gasteiger partial charge < -0.3 is 9.88 Å². The zero-order valence-corrected chi connectivity index (χ0v) is 10.4. The summed E-state index contributed by atoms with van der Waals surface area (Å²) in [6, 6.07) is 8.21. The second-order valence-electron chi connectivity index (χ2n) is 4.59. The molecule has 1 aliphatic rings. The number of nitrogens with one attached hydrogen (secondary N) is 1. The van der Waals surface area contributed by atoms with Gasteiger partial charge in [-0.2, -0.15) is 0 Å². The minimum Gasteiger partial charge on any atom is -0.322 e. The molecule has 1 fully saturated rings. The van der Waals surface area contributed by atoms with Crippen LogP contribution < -0.4 is 5.32 Å². The molecule has 0 saturated carbocycles. The molecule has 0 atom stereocenters. The molecule has 0 spiro atoms. The monoisotopic (exact) mass is 242 g/mol. The van der Waals surface area contributed by atoms with Gasteiger partial charge in [-0.1, -0.05) is 0 Å². The lowest BCUT2D eigenvalue weighted by Gasteiger charge is -2.27. The minimum atomic E-state index is 0.927. The van der Waals surface area contributed by atoms with Crippen molar-refractivity contribution in [2.45, 2.75) is 6.54 Å². The van der Waals surface area contributed by atoms with Crippen LogP contribution >= 0.6 is 0 Å². The van der Waals surface area contributed by atoms with Gasteiger partial charge in [0.05, 0.1) is 11.4 Å². The van der Waals surface area contributed by atoms with Gasteiger partial charge >= 0.3 is 0 Å². The number of pyridine rings is 1. The summed E-state index contributed by atoms with van der Waals surface area (Å²) in [5, 5.41) is 3.38. The van der Waals surface area contributed by atoms with Crippen LogP contribution in [0.1, 0.15) is 5.69 Å². The highest BCUT2D eigenvalue weighted by Gasteiger charge is 2.13. The Morgan fingerprint density at radius 2 is 1.89 bits per heavy atom. The lowest BCUT2D eigenvalue weighted by Crippen LogP contribution is -2.43. The Bertz CT molecular complexity index is 486. The molecule has 0 bridgehead atoms. The summed E-state index contributed by atoms with van der Waals surface area (Å²) in [4.78, 5) is 7.00. The van der Waals surface area contributed by atoms with Gasteiger partial charge in [0.25, 0.3) is 0 Å². The molecule has 4 heteroatoms. The quantitative estimate of drug-likeness (QED) is 0.880. The number of hydrogen-bond donors (Lipinski definition) is 1. The third-order valence-electron chi connectivity index (χ3n) is 3.33. The van der Waals surface area contributed by atoms with Gasteiger partial charge in [-0.05, 0) is 24.3 Å². The van der Waals surface area contributed by atoms with Crippen molar-refractivity contribution in [1.29, 1.82) is 0 Å². The number of hydrogen-bond acceptors (Lipinski definition) is 3. The van der Waals surface area contributed by atoms with Crippen molar-refractivity contribution in [2.24, 2.45) is 0 Å². The molecule has 4 nitrogen and oxygen atoms in total. The van der Waals surface area contributed by atoms with E-state index in [0.29, 0.717) is 0 Å². The van der Waals surface area contributed by atoms with Gasteiger partial charge in [0.1, 0.15) is 0 Å². The lowest BCUT2D eigenvalue weighted by atomic mass is 10.2. The van der Waals surface area contributed by atoms with Gasteiger partial charge in [0.2, 0.25) is 0 Å². The molecule has 3 rings (SSSR count). The van der Waals surface area contributed by atoms with Crippen molar-refractivity contribution in [1.82, 2.24) is 19.8 Å². The van der Waals surface area contributed by atoms with Crippen LogP contribution in [0.3, 0.4) is 0 Å². The van der Waals surface area contributed by atoms with Crippen molar-refractivity contribution in [3.05, 3.63) is 48.5 Å². The smallest absolute Gasteiger partial charge is 0.0783 e. The van der Waals surface area contributed by atoms with E-state index in [1.54, 1.807) is 0 Å². The number of rotatable bonds is 3. The van der Waals surface area contributed by atoms with Crippen molar-refractivity contribution in [3.8, 4) is 5.69 Å². The standard InChI is InChI=1S/C14H18N4/c1-2-9-18(8-1)14-4-3-5-16-13(14)12-17-10-6-15-7-11-17/h1-5,8-9,15H,6-7,10-12H2. The molecule has 0 unspecified atom stereocenters. The summed E-state index contributed by atoms with van der Waals surface area (Å²) in [7, 11) is 0. The maximum absolute atomic E-state index is 4.55. The van der Waals surface area contributed by atoms with E-state index in [9.17, 15) is 0 Å². The van der Waals surface area contributed by atoms with E-state index >= 15 is 0 Å². The molecule has 1 saturated heterocycles. The molecular formula is C14H18N4. The molecule has 0 radical (unpaired) electrons. The predicted molar refractivity (Wildman–Crippen MR) is 71.7 cm³/mol. The first-order valence-electron chi connectivity index (χ1n) is 6.44. The van der Waals surface area contributed by atoms with E-state index < -0.39 is 0 Å². The Morgan fingerprint density at radius 3 is 2.67 bits per heavy atom. The van der Waals surface area contributed by atoms with Crippen LogP contribution in [0.25, 0.3) is 5.69 Å². The van der Waals surface area contributed by atoms with Gasteiger partial charge in [-0.25, -0.2) is 0 Å². The second kappa shape index (κ2) is 5.33. The summed E-state index contributed by atoms with van der Waals surface area (Å²) in [5.41, 5.74) is 2.33. The molecule has 94 valence electrons. The van der Waals surface area contributed by atoms with Crippen molar-refractivity contribution in [3.63, 3.8) is 0 Å². The fraction of sp³-hybridized carbons (Fsp3) is 0.357. The first kappa shape index (κ1) is 11.4. The average molecular weight is 242 g/mol. The molecule has 0 amide bonds. The van der Waals surface area contributed by atoms with Gasteiger partial charge in [0.15, 0.2) is 0 Å². The molecule has 3 heterocycles. The first-order valence-corrected chi connectivity index (χ1v) is 6.44. The Morgan fingerprint density at radius 1 is 1.11 bits per heavy atom. The topological polar surface area (TPSA) is 33.1 Å². The van der Waals surface area contributed by atoms with E-state index in [-0.39, 0.29) is 0 Å². The molecule has 1 N–H and O–H groups in total. The molecule has 2 aromatic heterocycles. The van der Waals surface area contributed by atoms with Crippen LogP contribution in [-0.4, -0.2) is 40.6 Å². The molecule has 1 aliphatic heterocycles. The van der Waals surface area contributed by atoms with Crippen molar-refractivity contribution in [2.75, 3.05) is 26.2 Å². The van der Waals surface area contributed by atoms with Crippen LogP contribution in [0.15, 0.2) is 42.9 Å². The predicted octanol–water partition coefficient (Wildman–Crippen LogP) is 1.28. The number of nitrogens with zero attached hydrogens (tertiary/aromatic N) is 3. The van der Waals surface area contributed by atoms with E-state index in [0.717, 1.165) is 38.4 Å². The Kier molecular flexibility index (Phi) is 3.39. The molecule has 0 aliphatic carbocycles. The Balaban J connectivity index is 1.83. The third kappa shape index (κ3) is 2.44. The lowest BCUT2D eigenvalue weighted by molar-refractivity contribution is 0.230. The summed E-state index contributed by atoms with van der Waals surface area (Å²) in [6.45, 7) is 5.27. The van der Waals surface area contributed by atoms with Crippen LogP contribution in [-0.2, 0) is 6.54 Å². The van der Waals surface area contributed by atoms with Crippen LogP contribution in [0.2, 0.25) is 0 Å². The van der Waals surface area contributed by atoms with Crippen molar-refractivity contribution < 1.29 is 0 Å². The zero-order valence-electron chi connectivity index (χ0n) is 10.4.